The maximum absolute atomic E-state index is 13.9. The number of oxazole rings is 1. The largest absolute Gasteiger partial charge is 0.436 e. The van der Waals surface area contributed by atoms with E-state index in [0.717, 1.165) is 0 Å². The molecule has 1 aromatic heterocycles. The van der Waals surface area contributed by atoms with Crippen LogP contribution in [0.5, 0.6) is 5.75 Å². The first-order chi connectivity index (χ1) is 10.6. The van der Waals surface area contributed by atoms with Crippen molar-refractivity contribution in [2.75, 3.05) is 0 Å². The lowest BCUT2D eigenvalue weighted by Crippen LogP contribution is -2.05. The zero-order valence-electron chi connectivity index (χ0n) is 11.6. The molecule has 0 radical (unpaired) electrons. The van der Waals surface area contributed by atoms with E-state index in [0.29, 0.717) is 16.8 Å². The zero-order valence-corrected chi connectivity index (χ0v) is 12.4. The molecule has 0 saturated heterocycles. The molecule has 112 valence electrons. The Morgan fingerprint density at radius 1 is 1.36 bits per heavy atom. The molecular formula is C16H11ClFNO3. The molecule has 0 aliphatic heterocycles. The molecule has 0 N–H and O–H groups in total. The van der Waals surface area contributed by atoms with Crippen LogP contribution in [0.15, 0.2) is 40.8 Å². The monoisotopic (exact) mass is 319 g/mol. The Hall–Kier alpha value is -2.40. The van der Waals surface area contributed by atoms with Gasteiger partial charge in [0.25, 0.3) is 0 Å². The Kier molecular flexibility index (Phi) is 3.81. The first-order valence-electron chi connectivity index (χ1n) is 6.64. The van der Waals surface area contributed by atoms with Crippen molar-refractivity contribution < 1.29 is 18.3 Å². The fourth-order valence-corrected chi connectivity index (χ4v) is 2.23. The van der Waals surface area contributed by atoms with Gasteiger partial charge in [0.05, 0.1) is 10.6 Å². The number of halogens is 2. The minimum atomic E-state index is -0.517. The summed E-state index contributed by atoms with van der Waals surface area (Å²) in [7, 11) is 0. The third kappa shape index (κ3) is 2.67. The summed E-state index contributed by atoms with van der Waals surface area (Å²) in [5.41, 5.74) is 1.01. The molecule has 1 heterocycles. The number of carbonyl (C=O) groups excluding carboxylic acids is 1. The summed E-state index contributed by atoms with van der Waals surface area (Å²) >= 11 is 6.00. The smallest absolute Gasteiger partial charge is 0.310 e. The molecule has 3 aromatic rings. The fourth-order valence-electron chi connectivity index (χ4n) is 1.98. The molecular weight excluding hydrogens is 309 g/mol. The first-order valence-corrected chi connectivity index (χ1v) is 7.02. The van der Waals surface area contributed by atoms with E-state index >= 15 is 0 Å². The Labute approximate surface area is 130 Å². The molecule has 0 aliphatic rings. The van der Waals surface area contributed by atoms with E-state index in [4.69, 9.17) is 20.8 Å². The van der Waals surface area contributed by atoms with Crippen LogP contribution in [0.2, 0.25) is 5.02 Å². The summed E-state index contributed by atoms with van der Waals surface area (Å²) in [4.78, 5) is 15.5. The lowest BCUT2D eigenvalue weighted by molar-refractivity contribution is -0.134. The van der Waals surface area contributed by atoms with Gasteiger partial charge >= 0.3 is 5.97 Å². The lowest BCUT2D eigenvalue weighted by atomic mass is 10.2. The van der Waals surface area contributed by atoms with Gasteiger partial charge in [0.2, 0.25) is 5.89 Å². The number of ether oxygens (including phenoxy) is 1. The molecule has 0 bridgehead atoms. The van der Waals surface area contributed by atoms with E-state index in [1.54, 1.807) is 31.2 Å². The molecule has 6 heteroatoms. The predicted octanol–water partition coefficient (Wildman–Crippen LogP) is 4.60. The Bertz CT molecular complexity index is 839. The van der Waals surface area contributed by atoms with Crippen molar-refractivity contribution in [2.24, 2.45) is 0 Å². The summed E-state index contributed by atoms with van der Waals surface area (Å²) in [5, 5.41) is 0.212. The fraction of sp³-hybridized carbons (Fsp3) is 0.125. The lowest BCUT2D eigenvalue weighted by Gasteiger charge is -2.00. The van der Waals surface area contributed by atoms with E-state index in [-0.39, 0.29) is 28.9 Å². The number of carbonyl (C=O) groups is 1. The molecule has 0 fully saturated rings. The van der Waals surface area contributed by atoms with E-state index < -0.39 is 5.82 Å². The average molecular weight is 320 g/mol. The van der Waals surface area contributed by atoms with Crippen LogP contribution in [0.1, 0.15) is 13.3 Å². The van der Waals surface area contributed by atoms with Crippen LogP contribution >= 0.6 is 11.6 Å². The van der Waals surface area contributed by atoms with Gasteiger partial charge in [-0.2, -0.15) is 0 Å². The number of esters is 1. The van der Waals surface area contributed by atoms with Crippen molar-refractivity contribution in [3.8, 4) is 17.2 Å². The summed E-state index contributed by atoms with van der Waals surface area (Å²) in [5.74, 6) is -0.423. The summed E-state index contributed by atoms with van der Waals surface area (Å²) in [6, 6.07) is 9.11. The van der Waals surface area contributed by atoms with Gasteiger partial charge in [0.1, 0.15) is 17.1 Å². The van der Waals surface area contributed by atoms with Crippen molar-refractivity contribution in [3.05, 3.63) is 47.2 Å². The van der Waals surface area contributed by atoms with Crippen molar-refractivity contribution in [1.82, 2.24) is 4.98 Å². The number of hydrogen-bond donors (Lipinski definition) is 0. The average Bonchev–Trinajstić information content (AvgIpc) is 2.89. The molecule has 22 heavy (non-hydrogen) atoms. The van der Waals surface area contributed by atoms with Gasteiger partial charge in [0.15, 0.2) is 5.58 Å². The number of fused-ring (bicyclic) bond motifs is 1. The number of nitrogens with zero attached hydrogens (tertiary/aromatic N) is 1. The minimum absolute atomic E-state index is 0.0806. The Balaban J connectivity index is 2.05. The highest BCUT2D eigenvalue weighted by Crippen LogP contribution is 2.33. The Morgan fingerprint density at radius 2 is 2.18 bits per heavy atom. The van der Waals surface area contributed by atoms with Gasteiger partial charge in [-0.1, -0.05) is 24.6 Å². The molecule has 2 aromatic carbocycles. The highest BCUT2D eigenvalue weighted by atomic mass is 35.5. The van der Waals surface area contributed by atoms with E-state index in [1.807, 2.05) is 0 Å². The van der Waals surface area contributed by atoms with Gasteiger partial charge in [-0.25, -0.2) is 9.37 Å². The van der Waals surface area contributed by atoms with Crippen molar-refractivity contribution >= 4 is 28.7 Å². The normalized spacial score (nSPS) is 10.9. The van der Waals surface area contributed by atoms with Crippen LogP contribution in [0, 0.1) is 5.82 Å². The number of aromatic nitrogens is 1. The van der Waals surface area contributed by atoms with Crippen molar-refractivity contribution in [1.29, 1.82) is 0 Å². The maximum atomic E-state index is 13.9. The number of benzene rings is 2. The second kappa shape index (κ2) is 5.77. The van der Waals surface area contributed by atoms with Crippen LogP contribution in [0.4, 0.5) is 4.39 Å². The maximum Gasteiger partial charge on any atom is 0.310 e. The molecule has 0 spiro atoms. The molecule has 3 rings (SSSR count). The first kappa shape index (κ1) is 14.5. The molecule has 0 atom stereocenters. The second-order valence-electron chi connectivity index (χ2n) is 4.57. The molecule has 4 nitrogen and oxygen atoms in total. The quantitative estimate of drug-likeness (QED) is 0.523. The van der Waals surface area contributed by atoms with Gasteiger partial charge < -0.3 is 9.15 Å². The van der Waals surface area contributed by atoms with Crippen LogP contribution in [0.3, 0.4) is 0 Å². The summed E-state index contributed by atoms with van der Waals surface area (Å²) in [6.07, 6.45) is 0.271. The topological polar surface area (TPSA) is 52.3 Å². The van der Waals surface area contributed by atoms with E-state index in [9.17, 15) is 9.18 Å². The number of rotatable bonds is 3. The van der Waals surface area contributed by atoms with Crippen LogP contribution in [-0.4, -0.2) is 11.0 Å². The SMILES string of the molecule is CCC(=O)Oc1ccc2oc(-c3c(F)cccc3Cl)nc2c1. The third-order valence-electron chi connectivity index (χ3n) is 3.06. The van der Waals surface area contributed by atoms with Crippen molar-refractivity contribution in [2.45, 2.75) is 13.3 Å². The summed E-state index contributed by atoms with van der Waals surface area (Å²) in [6.45, 7) is 1.70. The standard InChI is InChI=1S/C16H11ClFNO3/c1-2-14(20)21-9-6-7-13-12(8-9)19-16(22-13)15-10(17)4-3-5-11(15)18/h3-8H,2H2,1H3. The third-order valence-corrected chi connectivity index (χ3v) is 3.37. The highest BCUT2D eigenvalue weighted by Gasteiger charge is 2.16. The van der Waals surface area contributed by atoms with Gasteiger partial charge in [-0.15, -0.1) is 0 Å². The van der Waals surface area contributed by atoms with Crippen LogP contribution in [-0.2, 0) is 4.79 Å². The Morgan fingerprint density at radius 3 is 2.91 bits per heavy atom. The van der Waals surface area contributed by atoms with E-state index in [2.05, 4.69) is 4.98 Å². The van der Waals surface area contributed by atoms with E-state index in [1.165, 1.54) is 12.1 Å². The molecule has 0 amide bonds. The molecule has 0 unspecified atom stereocenters. The second-order valence-corrected chi connectivity index (χ2v) is 4.98. The highest BCUT2D eigenvalue weighted by molar-refractivity contribution is 6.33. The van der Waals surface area contributed by atoms with Crippen molar-refractivity contribution in [3.63, 3.8) is 0 Å². The minimum Gasteiger partial charge on any atom is -0.436 e. The molecule has 0 aliphatic carbocycles. The van der Waals surface area contributed by atoms with Gasteiger partial charge in [-0.3, -0.25) is 4.79 Å². The molecule has 0 saturated carbocycles. The summed E-state index contributed by atoms with van der Waals surface area (Å²) < 4.78 is 24.5. The zero-order chi connectivity index (χ0) is 15.7. The van der Waals surface area contributed by atoms with Crippen LogP contribution in [0.25, 0.3) is 22.6 Å². The number of hydrogen-bond acceptors (Lipinski definition) is 4. The predicted molar refractivity (Wildman–Crippen MR) is 80.3 cm³/mol. The van der Waals surface area contributed by atoms with Gasteiger partial charge in [-0.05, 0) is 24.3 Å². The van der Waals surface area contributed by atoms with Crippen LogP contribution < -0.4 is 4.74 Å². The van der Waals surface area contributed by atoms with Gasteiger partial charge in [0, 0.05) is 12.5 Å².